The number of alkyl halides is 6. The molecular weight excluding hydrogens is 312 g/mol. The highest BCUT2D eigenvalue weighted by atomic mass is 19.4. The normalized spacial score (nSPS) is 12.5. The molecule has 0 amide bonds. The van der Waals surface area contributed by atoms with Crippen LogP contribution in [0.25, 0.3) is 11.1 Å². The first-order valence-corrected chi connectivity index (χ1v) is 5.97. The summed E-state index contributed by atoms with van der Waals surface area (Å²) < 4.78 is 76.5. The van der Waals surface area contributed by atoms with Crippen LogP contribution in [-0.2, 0) is 19.0 Å². The van der Waals surface area contributed by atoms with Crippen LogP contribution in [-0.4, -0.2) is 10.1 Å². The van der Waals surface area contributed by atoms with Crippen LogP contribution in [0.3, 0.4) is 0 Å². The summed E-state index contributed by atoms with van der Waals surface area (Å²) in [6, 6.07) is 4.60. The topological polar surface area (TPSA) is 33.1 Å². The smallest absolute Gasteiger partial charge is 0.390 e. The van der Waals surface area contributed by atoms with Crippen LogP contribution in [0.2, 0.25) is 0 Å². The van der Waals surface area contributed by atoms with Gasteiger partial charge < -0.3 is 5.11 Å². The van der Waals surface area contributed by atoms with E-state index in [1.54, 1.807) is 0 Å². The first-order chi connectivity index (χ1) is 10.1. The summed E-state index contributed by atoms with van der Waals surface area (Å²) in [7, 11) is 0. The summed E-state index contributed by atoms with van der Waals surface area (Å²) in [5, 5.41) is 8.88. The summed E-state index contributed by atoms with van der Waals surface area (Å²) in [6.07, 6.45) is -8.36. The van der Waals surface area contributed by atoms with Gasteiger partial charge in [0.1, 0.15) is 0 Å². The van der Waals surface area contributed by atoms with Gasteiger partial charge in [0.15, 0.2) is 0 Å². The maximum absolute atomic E-state index is 12.9. The Hall–Kier alpha value is -2.09. The molecule has 1 heterocycles. The zero-order valence-electron chi connectivity index (χ0n) is 10.8. The van der Waals surface area contributed by atoms with Crippen molar-refractivity contribution in [2.45, 2.75) is 19.0 Å². The van der Waals surface area contributed by atoms with Gasteiger partial charge in [-0.1, -0.05) is 12.1 Å². The summed E-state index contributed by atoms with van der Waals surface area (Å²) in [5.74, 6) is 0. The van der Waals surface area contributed by atoms with Crippen molar-refractivity contribution in [2.75, 3.05) is 0 Å². The Balaban J connectivity index is 2.55. The highest BCUT2D eigenvalue weighted by Crippen LogP contribution is 2.36. The van der Waals surface area contributed by atoms with E-state index >= 15 is 0 Å². The molecule has 8 heteroatoms. The Labute approximate surface area is 121 Å². The molecule has 0 spiro atoms. The number of aliphatic hydroxyl groups is 1. The van der Waals surface area contributed by atoms with Gasteiger partial charge in [0.25, 0.3) is 0 Å². The van der Waals surface area contributed by atoms with Gasteiger partial charge in [0.05, 0.1) is 23.4 Å². The third-order valence-corrected chi connectivity index (χ3v) is 2.95. The molecule has 2 nitrogen and oxygen atoms in total. The number of hydrogen-bond acceptors (Lipinski definition) is 2. The molecule has 0 bridgehead atoms. The van der Waals surface area contributed by atoms with Gasteiger partial charge >= 0.3 is 12.4 Å². The predicted octanol–water partition coefficient (Wildman–Crippen LogP) is 4.28. The number of hydrogen-bond donors (Lipinski definition) is 1. The van der Waals surface area contributed by atoms with Crippen LogP contribution < -0.4 is 0 Å². The molecule has 1 aromatic carbocycles. The van der Waals surface area contributed by atoms with E-state index in [1.165, 1.54) is 6.07 Å². The Bertz CT molecular complexity index is 678. The van der Waals surface area contributed by atoms with Gasteiger partial charge in [0, 0.05) is 11.8 Å². The van der Waals surface area contributed by atoms with E-state index in [0.717, 1.165) is 24.4 Å². The van der Waals surface area contributed by atoms with Gasteiger partial charge in [-0.25, -0.2) is 0 Å². The predicted molar refractivity (Wildman–Crippen MR) is 65.6 cm³/mol. The summed E-state index contributed by atoms with van der Waals surface area (Å²) in [6.45, 7) is -0.919. The van der Waals surface area contributed by atoms with Gasteiger partial charge in [-0.3, -0.25) is 4.98 Å². The zero-order chi connectivity index (χ0) is 16.5. The summed E-state index contributed by atoms with van der Waals surface area (Å²) in [5.41, 5.74) is -2.88. The lowest BCUT2D eigenvalue weighted by Crippen LogP contribution is -2.11. The molecule has 0 radical (unpaired) electrons. The average Bonchev–Trinajstić information content (AvgIpc) is 2.45. The number of nitrogens with zero attached hydrogens (tertiary/aromatic N) is 1. The SMILES string of the molecule is OCc1ncc(-c2cccc(C(F)(F)F)c2)cc1C(F)(F)F. The van der Waals surface area contributed by atoms with Crippen molar-refractivity contribution in [3.05, 3.63) is 53.3 Å². The van der Waals surface area contributed by atoms with E-state index in [2.05, 4.69) is 4.98 Å². The quantitative estimate of drug-likeness (QED) is 0.838. The van der Waals surface area contributed by atoms with Crippen LogP contribution in [0.1, 0.15) is 16.8 Å². The van der Waals surface area contributed by atoms with Crippen molar-refractivity contribution in [3.8, 4) is 11.1 Å². The maximum Gasteiger partial charge on any atom is 0.418 e. The second-order valence-corrected chi connectivity index (χ2v) is 4.45. The third kappa shape index (κ3) is 3.38. The van der Waals surface area contributed by atoms with Crippen molar-refractivity contribution in [3.63, 3.8) is 0 Å². The lowest BCUT2D eigenvalue weighted by atomic mass is 10.0. The minimum absolute atomic E-state index is 0.0442. The van der Waals surface area contributed by atoms with Crippen LogP contribution in [0, 0.1) is 0 Å². The van der Waals surface area contributed by atoms with Crippen LogP contribution in [0.5, 0.6) is 0 Å². The van der Waals surface area contributed by atoms with Gasteiger partial charge in [-0.15, -0.1) is 0 Å². The number of halogens is 6. The molecule has 0 saturated carbocycles. The van der Waals surface area contributed by atoms with Crippen molar-refractivity contribution >= 4 is 0 Å². The van der Waals surface area contributed by atoms with E-state index in [4.69, 9.17) is 5.11 Å². The Morgan fingerprint density at radius 1 is 0.909 bits per heavy atom. The molecule has 0 fully saturated rings. The molecule has 2 aromatic rings. The molecule has 2 rings (SSSR count). The second-order valence-electron chi connectivity index (χ2n) is 4.45. The van der Waals surface area contributed by atoms with Crippen molar-refractivity contribution < 1.29 is 31.4 Å². The molecule has 0 atom stereocenters. The highest BCUT2D eigenvalue weighted by Gasteiger charge is 2.35. The lowest BCUT2D eigenvalue weighted by Gasteiger charge is -2.13. The Morgan fingerprint density at radius 2 is 1.59 bits per heavy atom. The standard InChI is InChI=1S/C14H9F6NO/c15-13(16,17)10-3-1-2-8(4-10)9-5-11(14(18,19)20)12(7-22)21-6-9/h1-6,22H,7H2. The molecule has 0 unspecified atom stereocenters. The zero-order valence-corrected chi connectivity index (χ0v) is 10.8. The van der Waals surface area contributed by atoms with Gasteiger partial charge in [0.2, 0.25) is 0 Å². The van der Waals surface area contributed by atoms with E-state index in [1.807, 2.05) is 0 Å². The fourth-order valence-electron chi connectivity index (χ4n) is 1.90. The minimum Gasteiger partial charge on any atom is -0.390 e. The Morgan fingerprint density at radius 3 is 2.14 bits per heavy atom. The van der Waals surface area contributed by atoms with E-state index in [0.29, 0.717) is 6.07 Å². The first kappa shape index (κ1) is 16.3. The minimum atomic E-state index is -4.76. The fourth-order valence-corrected chi connectivity index (χ4v) is 1.90. The summed E-state index contributed by atoms with van der Waals surface area (Å²) >= 11 is 0. The molecule has 0 aliphatic rings. The van der Waals surface area contributed by atoms with Crippen LogP contribution in [0.4, 0.5) is 26.3 Å². The Kier molecular flexibility index (Phi) is 4.15. The molecule has 1 N–H and O–H groups in total. The maximum atomic E-state index is 12.9. The molecule has 118 valence electrons. The molecule has 0 aliphatic carbocycles. The third-order valence-electron chi connectivity index (χ3n) is 2.95. The summed E-state index contributed by atoms with van der Waals surface area (Å²) in [4.78, 5) is 3.48. The lowest BCUT2D eigenvalue weighted by molar-refractivity contribution is -0.139. The molecule has 0 saturated heterocycles. The van der Waals surface area contributed by atoms with Crippen LogP contribution in [0.15, 0.2) is 36.5 Å². The number of rotatable bonds is 2. The number of aliphatic hydroxyl groups excluding tert-OH is 1. The number of benzene rings is 1. The number of pyridine rings is 1. The monoisotopic (exact) mass is 321 g/mol. The fraction of sp³-hybridized carbons (Fsp3) is 0.214. The highest BCUT2D eigenvalue weighted by molar-refractivity contribution is 5.64. The van der Waals surface area contributed by atoms with Gasteiger partial charge in [-0.2, -0.15) is 26.3 Å². The van der Waals surface area contributed by atoms with Crippen molar-refractivity contribution in [1.82, 2.24) is 4.98 Å². The van der Waals surface area contributed by atoms with E-state index in [-0.39, 0.29) is 11.1 Å². The van der Waals surface area contributed by atoms with E-state index in [9.17, 15) is 26.3 Å². The second kappa shape index (κ2) is 5.60. The van der Waals surface area contributed by atoms with Crippen molar-refractivity contribution in [2.24, 2.45) is 0 Å². The van der Waals surface area contributed by atoms with Gasteiger partial charge in [-0.05, 0) is 23.8 Å². The number of aromatic nitrogens is 1. The molecule has 1 aromatic heterocycles. The first-order valence-electron chi connectivity index (χ1n) is 5.97. The van der Waals surface area contributed by atoms with E-state index < -0.39 is 35.8 Å². The molecular formula is C14H9F6NO. The molecule has 22 heavy (non-hydrogen) atoms. The van der Waals surface area contributed by atoms with Crippen molar-refractivity contribution in [1.29, 1.82) is 0 Å². The average molecular weight is 321 g/mol. The molecule has 0 aliphatic heterocycles. The largest absolute Gasteiger partial charge is 0.418 e. The van der Waals surface area contributed by atoms with Crippen LogP contribution >= 0.6 is 0 Å².